The summed E-state index contributed by atoms with van der Waals surface area (Å²) in [6, 6.07) is 10.9. The number of piperidine rings is 1. The molecule has 1 aromatic rings. The summed E-state index contributed by atoms with van der Waals surface area (Å²) in [7, 11) is 0. The lowest BCUT2D eigenvalue weighted by Gasteiger charge is -2.30. The van der Waals surface area contributed by atoms with Crippen molar-refractivity contribution in [2.75, 3.05) is 32.7 Å². The second-order valence-corrected chi connectivity index (χ2v) is 6.21. The Hall–Kier alpha value is -0.860. The summed E-state index contributed by atoms with van der Waals surface area (Å²) in [4.78, 5) is 2.64. The van der Waals surface area contributed by atoms with Crippen LogP contribution in [-0.2, 0) is 0 Å². The highest BCUT2D eigenvalue weighted by Gasteiger charge is 2.16. The van der Waals surface area contributed by atoms with Gasteiger partial charge in [-0.2, -0.15) is 0 Å². The molecular weight excluding hydrogens is 244 g/mol. The van der Waals surface area contributed by atoms with Crippen LogP contribution in [0, 0.1) is 5.92 Å². The Morgan fingerprint density at radius 3 is 2.75 bits per heavy atom. The van der Waals surface area contributed by atoms with E-state index in [0.29, 0.717) is 5.92 Å². The number of hydrogen-bond acceptors (Lipinski definition) is 2. The molecule has 1 aromatic carbocycles. The molecule has 0 aliphatic carbocycles. The van der Waals surface area contributed by atoms with Gasteiger partial charge in [0.25, 0.3) is 0 Å². The van der Waals surface area contributed by atoms with Crippen LogP contribution in [0.25, 0.3) is 0 Å². The number of hydrogen-bond donors (Lipinski definition) is 1. The molecule has 2 heteroatoms. The summed E-state index contributed by atoms with van der Waals surface area (Å²) in [6.07, 6.45) is 4.01. The Kier molecular flexibility index (Phi) is 6.55. The third-order valence-electron chi connectivity index (χ3n) is 4.61. The molecule has 2 rings (SSSR count). The van der Waals surface area contributed by atoms with Gasteiger partial charge in [-0.3, -0.25) is 0 Å². The average molecular weight is 274 g/mol. The Morgan fingerprint density at radius 2 is 2.10 bits per heavy atom. The van der Waals surface area contributed by atoms with E-state index < -0.39 is 0 Å². The van der Waals surface area contributed by atoms with Gasteiger partial charge in [0.05, 0.1) is 0 Å². The highest BCUT2D eigenvalue weighted by atomic mass is 15.1. The maximum atomic E-state index is 3.53. The zero-order valence-corrected chi connectivity index (χ0v) is 13.1. The van der Waals surface area contributed by atoms with Crippen molar-refractivity contribution >= 4 is 0 Å². The minimum Gasteiger partial charge on any atom is -0.316 e. The van der Waals surface area contributed by atoms with Crippen molar-refractivity contribution in [3.05, 3.63) is 35.9 Å². The van der Waals surface area contributed by atoms with Crippen molar-refractivity contribution in [3.8, 4) is 0 Å². The molecule has 112 valence electrons. The van der Waals surface area contributed by atoms with E-state index in [4.69, 9.17) is 0 Å². The molecule has 0 saturated carbocycles. The van der Waals surface area contributed by atoms with E-state index in [0.717, 1.165) is 5.92 Å². The van der Waals surface area contributed by atoms with Crippen LogP contribution in [0.15, 0.2) is 30.3 Å². The van der Waals surface area contributed by atoms with Crippen LogP contribution in [0.4, 0.5) is 0 Å². The molecule has 2 atom stereocenters. The van der Waals surface area contributed by atoms with Gasteiger partial charge in [0, 0.05) is 6.54 Å². The van der Waals surface area contributed by atoms with Gasteiger partial charge in [0.1, 0.15) is 0 Å². The lowest BCUT2D eigenvalue weighted by Crippen LogP contribution is -2.38. The predicted molar refractivity (Wildman–Crippen MR) is 87.2 cm³/mol. The summed E-state index contributed by atoms with van der Waals surface area (Å²) in [5.41, 5.74) is 1.47. The predicted octanol–water partition coefficient (Wildman–Crippen LogP) is 3.50. The molecule has 1 aliphatic heterocycles. The fourth-order valence-electron chi connectivity index (χ4n) is 3.15. The lowest BCUT2D eigenvalue weighted by molar-refractivity contribution is 0.211. The zero-order valence-electron chi connectivity index (χ0n) is 13.1. The first-order valence-corrected chi connectivity index (χ1v) is 8.27. The molecule has 1 aliphatic rings. The molecule has 0 bridgehead atoms. The largest absolute Gasteiger partial charge is 0.316 e. The van der Waals surface area contributed by atoms with Crippen LogP contribution in [0.3, 0.4) is 0 Å². The van der Waals surface area contributed by atoms with Crippen molar-refractivity contribution in [2.24, 2.45) is 5.92 Å². The van der Waals surface area contributed by atoms with Crippen molar-refractivity contribution < 1.29 is 0 Å². The van der Waals surface area contributed by atoms with Gasteiger partial charge in [0.15, 0.2) is 0 Å². The quantitative estimate of drug-likeness (QED) is 0.818. The molecule has 1 N–H and O–H groups in total. The molecule has 20 heavy (non-hydrogen) atoms. The maximum absolute atomic E-state index is 3.53. The average Bonchev–Trinajstić information content (AvgIpc) is 2.53. The van der Waals surface area contributed by atoms with Crippen LogP contribution in [0.5, 0.6) is 0 Å². The Labute approximate surface area is 124 Å². The first kappa shape index (κ1) is 15.5. The summed E-state index contributed by atoms with van der Waals surface area (Å²) >= 11 is 0. The topological polar surface area (TPSA) is 15.3 Å². The molecule has 2 nitrogen and oxygen atoms in total. The second kappa shape index (κ2) is 8.43. The normalized spacial score (nSPS) is 21.1. The Bertz CT molecular complexity index is 357. The van der Waals surface area contributed by atoms with Crippen LogP contribution in [-0.4, -0.2) is 37.6 Å². The van der Waals surface area contributed by atoms with Gasteiger partial charge in [-0.05, 0) is 62.8 Å². The van der Waals surface area contributed by atoms with E-state index in [1.54, 1.807) is 0 Å². The Morgan fingerprint density at radius 1 is 1.30 bits per heavy atom. The van der Waals surface area contributed by atoms with Gasteiger partial charge in [-0.15, -0.1) is 0 Å². The van der Waals surface area contributed by atoms with Gasteiger partial charge < -0.3 is 10.2 Å². The number of rotatable bonds is 7. The summed E-state index contributed by atoms with van der Waals surface area (Å²) in [6.45, 7) is 10.7. The van der Waals surface area contributed by atoms with Crippen molar-refractivity contribution in [2.45, 2.75) is 39.0 Å². The van der Waals surface area contributed by atoms with E-state index in [1.807, 2.05) is 0 Å². The van der Waals surface area contributed by atoms with Gasteiger partial charge in [-0.1, -0.05) is 44.2 Å². The smallest absolute Gasteiger partial charge is 0.00217 e. The molecule has 0 radical (unpaired) electrons. The highest BCUT2D eigenvalue weighted by Crippen LogP contribution is 2.19. The number of nitrogens with zero attached hydrogens (tertiary/aromatic N) is 1. The van der Waals surface area contributed by atoms with Gasteiger partial charge >= 0.3 is 0 Å². The number of nitrogens with one attached hydrogen (secondary N) is 1. The SMILES string of the molecule is CCN(CCC(C)c1ccccc1)CC1CCCNC1. The van der Waals surface area contributed by atoms with Gasteiger partial charge in [-0.25, -0.2) is 0 Å². The summed E-state index contributed by atoms with van der Waals surface area (Å²) in [5.74, 6) is 1.52. The van der Waals surface area contributed by atoms with E-state index in [1.165, 1.54) is 57.5 Å². The molecule has 1 saturated heterocycles. The lowest BCUT2D eigenvalue weighted by atomic mass is 9.96. The first-order chi connectivity index (χ1) is 9.79. The molecule has 1 fully saturated rings. The van der Waals surface area contributed by atoms with Gasteiger partial charge in [0.2, 0.25) is 0 Å². The molecular formula is C18H30N2. The first-order valence-electron chi connectivity index (χ1n) is 8.27. The van der Waals surface area contributed by atoms with Crippen LogP contribution >= 0.6 is 0 Å². The third kappa shape index (κ3) is 4.92. The van der Waals surface area contributed by atoms with E-state index >= 15 is 0 Å². The fraction of sp³-hybridized carbons (Fsp3) is 0.667. The van der Waals surface area contributed by atoms with E-state index in [2.05, 4.69) is 54.4 Å². The van der Waals surface area contributed by atoms with Crippen LogP contribution < -0.4 is 5.32 Å². The van der Waals surface area contributed by atoms with Crippen LogP contribution in [0.1, 0.15) is 44.6 Å². The van der Waals surface area contributed by atoms with Crippen LogP contribution in [0.2, 0.25) is 0 Å². The molecule has 0 spiro atoms. The Balaban J connectivity index is 1.75. The minimum absolute atomic E-state index is 0.662. The third-order valence-corrected chi connectivity index (χ3v) is 4.61. The molecule has 0 aromatic heterocycles. The summed E-state index contributed by atoms with van der Waals surface area (Å²) in [5, 5.41) is 3.53. The summed E-state index contributed by atoms with van der Waals surface area (Å²) < 4.78 is 0. The molecule has 2 unspecified atom stereocenters. The fourth-order valence-corrected chi connectivity index (χ4v) is 3.15. The number of benzene rings is 1. The van der Waals surface area contributed by atoms with Crippen molar-refractivity contribution in [3.63, 3.8) is 0 Å². The molecule has 1 heterocycles. The standard InChI is InChI=1S/C18H30N2/c1-3-20(15-17-8-7-12-19-14-17)13-11-16(2)18-9-5-4-6-10-18/h4-6,9-10,16-17,19H,3,7-8,11-15H2,1-2H3. The van der Waals surface area contributed by atoms with Crippen molar-refractivity contribution in [1.29, 1.82) is 0 Å². The van der Waals surface area contributed by atoms with E-state index in [-0.39, 0.29) is 0 Å². The second-order valence-electron chi connectivity index (χ2n) is 6.21. The maximum Gasteiger partial charge on any atom is 0.00217 e. The zero-order chi connectivity index (χ0) is 14.2. The minimum atomic E-state index is 0.662. The molecule has 0 amide bonds. The highest BCUT2D eigenvalue weighted by molar-refractivity contribution is 5.18. The van der Waals surface area contributed by atoms with Crippen molar-refractivity contribution in [1.82, 2.24) is 10.2 Å². The monoisotopic (exact) mass is 274 g/mol. The van der Waals surface area contributed by atoms with E-state index in [9.17, 15) is 0 Å².